The first-order valence-corrected chi connectivity index (χ1v) is 7.73. The molecule has 0 N–H and O–H groups in total. The highest BCUT2D eigenvalue weighted by Gasteiger charge is 2.30. The fourth-order valence-electron chi connectivity index (χ4n) is 3.15. The minimum Gasteiger partial charge on any atom is -0.336 e. The molecule has 0 aromatic carbocycles. The molecule has 0 radical (unpaired) electrons. The summed E-state index contributed by atoms with van der Waals surface area (Å²) in [6.45, 7) is 3.34. The average molecular weight is 311 g/mol. The van der Waals surface area contributed by atoms with Crippen LogP contribution >= 0.6 is 0 Å². The molecule has 7 nitrogen and oxygen atoms in total. The Bertz CT molecular complexity index is 839. The number of aromatic nitrogens is 4. The van der Waals surface area contributed by atoms with Crippen LogP contribution in [0, 0.1) is 6.92 Å². The second kappa shape index (κ2) is 5.49. The standard InChI is InChI=1S/C16H17N5O2/c1-11-14-8-12(9-17-15(14)23-19-11)16(22)21-7-2-4-13(21)10-20-6-3-5-18-20/h3,5-6,8-9,13H,2,4,7,10H2,1H3. The van der Waals surface area contributed by atoms with Crippen LogP contribution < -0.4 is 0 Å². The Balaban J connectivity index is 1.59. The maximum atomic E-state index is 12.9. The molecule has 118 valence electrons. The van der Waals surface area contributed by atoms with Crippen molar-refractivity contribution in [2.24, 2.45) is 0 Å². The van der Waals surface area contributed by atoms with Crippen LogP contribution in [0.25, 0.3) is 11.1 Å². The molecule has 1 aliphatic rings. The highest BCUT2D eigenvalue weighted by Crippen LogP contribution is 2.23. The van der Waals surface area contributed by atoms with E-state index < -0.39 is 0 Å². The van der Waals surface area contributed by atoms with Crippen molar-refractivity contribution in [2.45, 2.75) is 32.4 Å². The third-order valence-corrected chi connectivity index (χ3v) is 4.35. The Morgan fingerprint density at radius 1 is 1.48 bits per heavy atom. The van der Waals surface area contributed by atoms with E-state index in [0.717, 1.165) is 37.0 Å². The van der Waals surface area contributed by atoms with Gasteiger partial charge >= 0.3 is 0 Å². The molecule has 1 fully saturated rings. The van der Waals surface area contributed by atoms with Crippen LogP contribution in [0.15, 0.2) is 35.2 Å². The first-order valence-electron chi connectivity index (χ1n) is 7.73. The normalized spacial score (nSPS) is 18.0. The molecular weight excluding hydrogens is 294 g/mol. The second-order valence-electron chi connectivity index (χ2n) is 5.87. The number of rotatable bonds is 3. The molecule has 4 rings (SSSR count). The van der Waals surface area contributed by atoms with Crippen molar-refractivity contribution in [3.8, 4) is 0 Å². The van der Waals surface area contributed by atoms with Crippen LogP contribution in [-0.4, -0.2) is 43.3 Å². The zero-order valence-electron chi connectivity index (χ0n) is 12.8. The van der Waals surface area contributed by atoms with Crippen molar-refractivity contribution in [1.29, 1.82) is 0 Å². The van der Waals surface area contributed by atoms with Crippen molar-refractivity contribution < 1.29 is 9.32 Å². The lowest BCUT2D eigenvalue weighted by Crippen LogP contribution is -2.38. The highest BCUT2D eigenvalue weighted by molar-refractivity contribution is 5.97. The van der Waals surface area contributed by atoms with Gasteiger partial charge in [0.2, 0.25) is 0 Å². The number of pyridine rings is 1. The molecule has 1 aliphatic heterocycles. The lowest BCUT2D eigenvalue weighted by molar-refractivity contribution is 0.0721. The average Bonchev–Trinajstić information content (AvgIpc) is 3.29. The van der Waals surface area contributed by atoms with Crippen LogP contribution in [0.3, 0.4) is 0 Å². The molecule has 1 unspecified atom stereocenters. The van der Waals surface area contributed by atoms with E-state index in [1.54, 1.807) is 12.4 Å². The number of hydrogen-bond donors (Lipinski definition) is 0. The van der Waals surface area contributed by atoms with E-state index in [1.165, 1.54) is 0 Å². The molecule has 1 atom stereocenters. The maximum Gasteiger partial charge on any atom is 0.257 e. The van der Waals surface area contributed by atoms with Crippen molar-refractivity contribution in [1.82, 2.24) is 24.8 Å². The zero-order chi connectivity index (χ0) is 15.8. The first kappa shape index (κ1) is 13.9. The minimum absolute atomic E-state index is 0.00894. The molecule has 0 bridgehead atoms. The van der Waals surface area contributed by atoms with Gasteiger partial charge in [0.1, 0.15) is 0 Å². The monoisotopic (exact) mass is 311 g/mol. The second-order valence-corrected chi connectivity index (χ2v) is 5.87. The van der Waals surface area contributed by atoms with Crippen molar-refractivity contribution in [3.63, 3.8) is 0 Å². The summed E-state index contributed by atoms with van der Waals surface area (Å²) in [5, 5.41) is 8.91. The number of hydrogen-bond acceptors (Lipinski definition) is 5. The van der Waals surface area contributed by atoms with E-state index in [1.807, 2.05) is 34.8 Å². The van der Waals surface area contributed by atoms with Gasteiger partial charge in [-0.15, -0.1) is 0 Å². The number of nitrogens with zero attached hydrogens (tertiary/aromatic N) is 5. The van der Waals surface area contributed by atoms with Crippen molar-refractivity contribution in [2.75, 3.05) is 6.54 Å². The van der Waals surface area contributed by atoms with Crippen LogP contribution in [-0.2, 0) is 6.54 Å². The Hall–Kier alpha value is -2.70. The van der Waals surface area contributed by atoms with Gasteiger partial charge in [-0.2, -0.15) is 5.10 Å². The molecule has 1 saturated heterocycles. The summed E-state index contributed by atoms with van der Waals surface area (Å²) in [5.41, 5.74) is 1.79. The third kappa shape index (κ3) is 2.48. The van der Waals surface area contributed by atoms with Crippen LogP contribution in [0.5, 0.6) is 0 Å². The van der Waals surface area contributed by atoms with Gasteiger partial charge in [0, 0.05) is 25.1 Å². The molecule has 3 aromatic heterocycles. The van der Waals surface area contributed by atoms with Crippen molar-refractivity contribution >= 4 is 17.0 Å². The van der Waals surface area contributed by atoms with Gasteiger partial charge < -0.3 is 9.42 Å². The van der Waals surface area contributed by atoms with E-state index in [0.29, 0.717) is 11.3 Å². The highest BCUT2D eigenvalue weighted by atomic mass is 16.5. The smallest absolute Gasteiger partial charge is 0.257 e. The molecule has 0 saturated carbocycles. The molecule has 0 aliphatic carbocycles. The van der Waals surface area contributed by atoms with Gasteiger partial charge in [0.05, 0.1) is 29.2 Å². The molecule has 0 spiro atoms. The van der Waals surface area contributed by atoms with Gasteiger partial charge in [0.25, 0.3) is 11.6 Å². The summed E-state index contributed by atoms with van der Waals surface area (Å²) in [5.74, 6) is 0.00894. The van der Waals surface area contributed by atoms with Gasteiger partial charge in [-0.25, -0.2) is 4.98 Å². The fraction of sp³-hybridized carbons (Fsp3) is 0.375. The number of carbonyl (C=O) groups is 1. The van der Waals surface area contributed by atoms with E-state index in [2.05, 4.69) is 15.2 Å². The Morgan fingerprint density at radius 3 is 3.22 bits per heavy atom. The number of likely N-dealkylation sites (tertiary alicyclic amines) is 1. The van der Waals surface area contributed by atoms with Crippen molar-refractivity contribution in [3.05, 3.63) is 42.0 Å². The molecule has 23 heavy (non-hydrogen) atoms. The van der Waals surface area contributed by atoms with Gasteiger partial charge in [0.15, 0.2) is 0 Å². The number of fused-ring (bicyclic) bond motifs is 1. The number of amides is 1. The lowest BCUT2D eigenvalue weighted by atomic mass is 10.1. The number of carbonyl (C=O) groups excluding carboxylic acids is 1. The van der Waals surface area contributed by atoms with E-state index in [9.17, 15) is 4.79 Å². The fourth-order valence-corrected chi connectivity index (χ4v) is 3.15. The molecule has 3 aromatic rings. The Morgan fingerprint density at radius 2 is 2.39 bits per heavy atom. The number of aryl methyl sites for hydroxylation is 1. The summed E-state index contributed by atoms with van der Waals surface area (Å²) in [6.07, 6.45) is 7.26. The summed E-state index contributed by atoms with van der Waals surface area (Å²) in [6, 6.07) is 3.88. The van der Waals surface area contributed by atoms with E-state index in [4.69, 9.17) is 4.52 Å². The van der Waals surface area contributed by atoms with E-state index >= 15 is 0 Å². The minimum atomic E-state index is 0.00894. The summed E-state index contributed by atoms with van der Waals surface area (Å²) in [4.78, 5) is 19.0. The predicted molar refractivity (Wildman–Crippen MR) is 82.8 cm³/mol. The lowest BCUT2D eigenvalue weighted by Gasteiger charge is -2.24. The van der Waals surface area contributed by atoms with E-state index in [-0.39, 0.29) is 11.9 Å². The molecule has 4 heterocycles. The topological polar surface area (TPSA) is 77.0 Å². The first-order chi connectivity index (χ1) is 11.2. The Kier molecular flexibility index (Phi) is 3.33. The van der Waals surface area contributed by atoms with Gasteiger partial charge in [-0.05, 0) is 31.9 Å². The summed E-state index contributed by atoms with van der Waals surface area (Å²) < 4.78 is 6.98. The molecular formula is C16H17N5O2. The largest absolute Gasteiger partial charge is 0.336 e. The summed E-state index contributed by atoms with van der Waals surface area (Å²) >= 11 is 0. The molecule has 1 amide bonds. The quantitative estimate of drug-likeness (QED) is 0.739. The van der Waals surface area contributed by atoms with Gasteiger partial charge in [-0.3, -0.25) is 9.48 Å². The third-order valence-electron chi connectivity index (χ3n) is 4.35. The maximum absolute atomic E-state index is 12.9. The van der Waals surface area contributed by atoms with Crippen LogP contribution in [0.1, 0.15) is 28.9 Å². The van der Waals surface area contributed by atoms with Crippen LogP contribution in [0.2, 0.25) is 0 Å². The Labute approximate surface area is 132 Å². The molecule has 7 heteroatoms. The zero-order valence-corrected chi connectivity index (χ0v) is 12.8. The van der Waals surface area contributed by atoms with Gasteiger partial charge in [-0.1, -0.05) is 5.16 Å². The summed E-state index contributed by atoms with van der Waals surface area (Å²) in [7, 11) is 0. The SMILES string of the molecule is Cc1noc2ncc(C(=O)N3CCCC3Cn3cccn3)cc12. The van der Waals surface area contributed by atoms with Crippen LogP contribution in [0.4, 0.5) is 0 Å². The predicted octanol–water partition coefficient (Wildman–Crippen LogP) is 2.03.